The predicted octanol–water partition coefficient (Wildman–Crippen LogP) is 2.96. The van der Waals surface area contributed by atoms with Gasteiger partial charge in [0.2, 0.25) is 5.91 Å². The van der Waals surface area contributed by atoms with Crippen LogP contribution in [0.5, 0.6) is 0 Å². The normalized spacial score (nSPS) is 10.6. The SMILES string of the molecule is CCN(C)C(=O)CC/C=C/c1ccccc1. The lowest BCUT2D eigenvalue weighted by Crippen LogP contribution is -2.25. The summed E-state index contributed by atoms with van der Waals surface area (Å²) in [7, 11) is 1.84. The van der Waals surface area contributed by atoms with Crippen molar-refractivity contribution in [3.63, 3.8) is 0 Å². The molecule has 0 aromatic heterocycles. The van der Waals surface area contributed by atoms with Gasteiger partial charge in [-0.3, -0.25) is 4.79 Å². The average molecular weight is 217 g/mol. The highest BCUT2D eigenvalue weighted by Crippen LogP contribution is 2.03. The Labute approximate surface area is 97.6 Å². The molecular formula is C14H19NO. The summed E-state index contributed by atoms with van der Waals surface area (Å²) in [6.45, 7) is 2.76. The van der Waals surface area contributed by atoms with Gasteiger partial charge in [0.05, 0.1) is 0 Å². The molecule has 0 fully saturated rings. The van der Waals surface area contributed by atoms with Gasteiger partial charge in [-0.15, -0.1) is 0 Å². The molecule has 0 bridgehead atoms. The number of nitrogens with zero attached hydrogens (tertiary/aromatic N) is 1. The van der Waals surface area contributed by atoms with E-state index in [-0.39, 0.29) is 5.91 Å². The third-order valence-corrected chi connectivity index (χ3v) is 2.53. The molecule has 1 aromatic rings. The van der Waals surface area contributed by atoms with Crippen LogP contribution in [0.1, 0.15) is 25.3 Å². The quantitative estimate of drug-likeness (QED) is 0.742. The van der Waals surface area contributed by atoms with Crippen molar-refractivity contribution in [3.8, 4) is 0 Å². The zero-order valence-electron chi connectivity index (χ0n) is 10.0. The number of carbonyl (C=O) groups excluding carboxylic acids is 1. The third-order valence-electron chi connectivity index (χ3n) is 2.53. The van der Waals surface area contributed by atoms with Crippen LogP contribution in [0.15, 0.2) is 36.4 Å². The van der Waals surface area contributed by atoms with Crippen molar-refractivity contribution in [2.24, 2.45) is 0 Å². The molecule has 2 nitrogen and oxygen atoms in total. The second kappa shape index (κ2) is 6.83. The van der Waals surface area contributed by atoms with Crippen molar-refractivity contribution in [1.29, 1.82) is 0 Å². The predicted molar refractivity (Wildman–Crippen MR) is 68.0 cm³/mol. The van der Waals surface area contributed by atoms with Gasteiger partial charge in [0, 0.05) is 20.0 Å². The standard InChI is InChI=1S/C14H19NO/c1-3-15(2)14(16)12-8-7-11-13-9-5-4-6-10-13/h4-7,9-11H,3,8,12H2,1-2H3/b11-7+. The van der Waals surface area contributed by atoms with Crippen LogP contribution in [0.3, 0.4) is 0 Å². The Morgan fingerprint density at radius 3 is 2.62 bits per heavy atom. The summed E-state index contributed by atoms with van der Waals surface area (Å²) >= 11 is 0. The maximum atomic E-state index is 11.5. The fourth-order valence-corrected chi connectivity index (χ4v) is 1.36. The zero-order chi connectivity index (χ0) is 11.8. The molecule has 0 N–H and O–H groups in total. The van der Waals surface area contributed by atoms with Crippen molar-refractivity contribution in [1.82, 2.24) is 4.90 Å². The third kappa shape index (κ3) is 4.30. The van der Waals surface area contributed by atoms with Crippen molar-refractivity contribution in [3.05, 3.63) is 42.0 Å². The monoisotopic (exact) mass is 217 g/mol. The summed E-state index contributed by atoms with van der Waals surface area (Å²) in [5.41, 5.74) is 1.18. The van der Waals surface area contributed by atoms with Gasteiger partial charge >= 0.3 is 0 Å². The number of rotatable bonds is 5. The lowest BCUT2D eigenvalue weighted by molar-refractivity contribution is -0.129. The summed E-state index contributed by atoms with van der Waals surface area (Å²) in [5.74, 6) is 0.209. The molecule has 0 saturated heterocycles. The number of allylic oxidation sites excluding steroid dienone is 1. The van der Waals surface area contributed by atoms with Crippen molar-refractivity contribution in [2.45, 2.75) is 19.8 Å². The van der Waals surface area contributed by atoms with Crippen molar-refractivity contribution in [2.75, 3.05) is 13.6 Å². The Hall–Kier alpha value is -1.57. The molecule has 1 amide bonds. The van der Waals surface area contributed by atoms with E-state index < -0.39 is 0 Å². The summed E-state index contributed by atoms with van der Waals surface area (Å²) in [6.07, 6.45) is 5.50. The average Bonchev–Trinajstić information content (AvgIpc) is 2.34. The number of carbonyl (C=O) groups is 1. The maximum Gasteiger partial charge on any atom is 0.222 e. The van der Waals surface area contributed by atoms with E-state index in [1.54, 1.807) is 4.90 Å². The van der Waals surface area contributed by atoms with E-state index in [9.17, 15) is 4.79 Å². The molecule has 2 heteroatoms. The first-order valence-corrected chi connectivity index (χ1v) is 5.69. The molecule has 16 heavy (non-hydrogen) atoms. The van der Waals surface area contributed by atoms with Crippen LogP contribution in [-0.2, 0) is 4.79 Å². The number of benzene rings is 1. The van der Waals surface area contributed by atoms with E-state index in [4.69, 9.17) is 0 Å². The molecule has 0 heterocycles. The van der Waals surface area contributed by atoms with Crippen LogP contribution < -0.4 is 0 Å². The molecule has 0 saturated carbocycles. The lowest BCUT2D eigenvalue weighted by atomic mass is 10.2. The summed E-state index contributed by atoms with van der Waals surface area (Å²) in [6, 6.07) is 10.1. The van der Waals surface area contributed by atoms with Crippen LogP contribution in [0.2, 0.25) is 0 Å². The Morgan fingerprint density at radius 1 is 1.31 bits per heavy atom. The van der Waals surface area contributed by atoms with E-state index in [1.165, 1.54) is 5.56 Å². The molecular weight excluding hydrogens is 198 g/mol. The highest BCUT2D eigenvalue weighted by molar-refractivity contribution is 5.76. The second-order valence-electron chi connectivity index (χ2n) is 3.76. The molecule has 0 unspecified atom stereocenters. The van der Waals surface area contributed by atoms with E-state index in [0.29, 0.717) is 6.42 Å². The van der Waals surface area contributed by atoms with Gasteiger partial charge in [0.1, 0.15) is 0 Å². The Morgan fingerprint density at radius 2 is 2.00 bits per heavy atom. The van der Waals surface area contributed by atoms with Gasteiger partial charge in [-0.2, -0.15) is 0 Å². The van der Waals surface area contributed by atoms with Crippen LogP contribution in [0.4, 0.5) is 0 Å². The molecule has 0 radical (unpaired) electrons. The second-order valence-corrected chi connectivity index (χ2v) is 3.76. The van der Waals surface area contributed by atoms with Crippen molar-refractivity contribution >= 4 is 12.0 Å². The molecule has 0 aliphatic carbocycles. The Bertz CT molecular complexity index is 343. The Kier molecular flexibility index (Phi) is 5.34. The van der Waals surface area contributed by atoms with Crippen molar-refractivity contribution < 1.29 is 4.79 Å². The maximum absolute atomic E-state index is 11.5. The van der Waals surface area contributed by atoms with Crippen LogP contribution >= 0.6 is 0 Å². The minimum absolute atomic E-state index is 0.209. The highest BCUT2D eigenvalue weighted by Gasteiger charge is 2.03. The van der Waals surface area contributed by atoms with Gasteiger partial charge in [-0.1, -0.05) is 42.5 Å². The van der Waals surface area contributed by atoms with Gasteiger partial charge < -0.3 is 4.90 Å². The minimum Gasteiger partial charge on any atom is -0.346 e. The smallest absolute Gasteiger partial charge is 0.222 e. The molecule has 0 atom stereocenters. The van der Waals surface area contributed by atoms with E-state index in [1.807, 2.05) is 32.2 Å². The number of hydrogen-bond acceptors (Lipinski definition) is 1. The first-order chi connectivity index (χ1) is 7.74. The topological polar surface area (TPSA) is 20.3 Å². The Balaban J connectivity index is 2.31. The molecule has 1 rings (SSSR count). The lowest BCUT2D eigenvalue weighted by Gasteiger charge is -2.13. The minimum atomic E-state index is 0.209. The molecule has 1 aromatic carbocycles. The summed E-state index contributed by atoms with van der Waals surface area (Å²) in [5, 5.41) is 0. The first-order valence-electron chi connectivity index (χ1n) is 5.69. The van der Waals surface area contributed by atoms with Crippen LogP contribution in [-0.4, -0.2) is 24.4 Å². The van der Waals surface area contributed by atoms with E-state index in [0.717, 1.165) is 13.0 Å². The fraction of sp³-hybridized carbons (Fsp3) is 0.357. The molecule has 0 aliphatic rings. The molecule has 86 valence electrons. The molecule has 0 spiro atoms. The fourth-order valence-electron chi connectivity index (χ4n) is 1.36. The largest absolute Gasteiger partial charge is 0.346 e. The van der Waals surface area contributed by atoms with Gasteiger partial charge in [0.25, 0.3) is 0 Å². The highest BCUT2D eigenvalue weighted by atomic mass is 16.2. The van der Waals surface area contributed by atoms with Crippen LogP contribution in [0.25, 0.3) is 6.08 Å². The molecule has 0 aliphatic heterocycles. The van der Waals surface area contributed by atoms with Gasteiger partial charge in [-0.05, 0) is 18.9 Å². The van der Waals surface area contributed by atoms with E-state index in [2.05, 4.69) is 24.3 Å². The summed E-state index contributed by atoms with van der Waals surface area (Å²) < 4.78 is 0. The van der Waals surface area contributed by atoms with Crippen LogP contribution in [0, 0.1) is 0 Å². The number of amides is 1. The zero-order valence-corrected chi connectivity index (χ0v) is 10.0. The first kappa shape index (κ1) is 12.5. The van der Waals surface area contributed by atoms with E-state index >= 15 is 0 Å². The summed E-state index contributed by atoms with van der Waals surface area (Å²) in [4.78, 5) is 13.2. The van der Waals surface area contributed by atoms with Gasteiger partial charge in [-0.25, -0.2) is 0 Å². The number of hydrogen-bond donors (Lipinski definition) is 0. The van der Waals surface area contributed by atoms with Gasteiger partial charge in [0.15, 0.2) is 0 Å².